The maximum Gasteiger partial charge on any atom is 0.305 e. The molecule has 0 aliphatic carbocycles. The molecule has 0 aliphatic heterocycles. The zero-order valence-electron chi connectivity index (χ0n) is 15.5. The molecule has 4 rings (SSSR count). The van der Waals surface area contributed by atoms with E-state index in [2.05, 4.69) is 58.4 Å². The predicted octanol–water partition coefficient (Wildman–Crippen LogP) is 0.256. The van der Waals surface area contributed by atoms with Crippen LogP contribution in [0, 0.1) is 0 Å². The van der Waals surface area contributed by atoms with E-state index in [1.165, 1.54) is 21.8 Å². The van der Waals surface area contributed by atoms with Crippen molar-refractivity contribution in [3.8, 4) is 0 Å². The molecule has 0 radical (unpaired) electrons. The van der Waals surface area contributed by atoms with Crippen LogP contribution in [-0.2, 0) is 17.9 Å². The number of pyridine rings is 1. The lowest BCUT2D eigenvalue weighted by Crippen LogP contribution is -3.00. The van der Waals surface area contributed by atoms with Gasteiger partial charge in [0.2, 0.25) is 6.54 Å². The van der Waals surface area contributed by atoms with E-state index < -0.39 is 0 Å². The molecule has 2 aromatic carbocycles. The fraction of sp³-hybridized carbons (Fsp3) is 0.136. The van der Waals surface area contributed by atoms with Crippen molar-refractivity contribution < 1.29 is 21.8 Å². The molecule has 4 aromatic rings. The first-order valence-corrected chi connectivity index (χ1v) is 9.03. The molecule has 0 saturated heterocycles. The number of hydrogen-bond donors (Lipinski definition) is 1. The number of fused-ring (bicyclic) bond motifs is 3. The lowest BCUT2D eigenvalue weighted by molar-refractivity contribution is -0.684. The first-order valence-electron chi connectivity index (χ1n) is 9.03. The molecular weight excluding hydrogens is 372 g/mol. The summed E-state index contributed by atoms with van der Waals surface area (Å²) in [4.78, 5) is 12.0. The highest BCUT2D eigenvalue weighted by atomic mass is 35.5. The number of hydrogen-bond acceptors (Lipinski definition) is 2. The molecule has 0 aliphatic rings. The molecule has 0 saturated carbocycles. The predicted molar refractivity (Wildman–Crippen MR) is 107 cm³/mol. The second-order valence-electron chi connectivity index (χ2n) is 6.38. The molecule has 2 aromatic heterocycles. The van der Waals surface area contributed by atoms with E-state index in [0.29, 0.717) is 0 Å². The SMILES string of the molecule is CCn1c2ccccc2c2cc(/C=N/NC(=O)C[n+]3ccccc3)ccc21.[Cl-]. The Morgan fingerprint density at radius 1 is 1.04 bits per heavy atom. The van der Waals surface area contributed by atoms with Crippen LogP contribution >= 0.6 is 0 Å². The van der Waals surface area contributed by atoms with Crippen LogP contribution in [0.5, 0.6) is 0 Å². The number of nitrogens with zero attached hydrogens (tertiary/aromatic N) is 3. The number of benzene rings is 2. The Balaban J connectivity index is 0.00000225. The Bertz CT molecular complexity index is 1140. The third-order valence-electron chi connectivity index (χ3n) is 4.62. The Morgan fingerprint density at radius 3 is 2.57 bits per heavy atom. The average Bonchev–Trinajstić information content (AvgIpc) is 3.02. The summed E-state index contributed by atoms with van der Waals surface area (Å²) in [6, 6.07) is 20.4. The lowest BCUT2D eigenvalue weighted by Gasteiger charge is -2.02. The summed E-state index contributed by atoms with van der Waals surface area (Å²) in [6.07, 6.45) is 5.38. The number of nitrogens with one attached hydrogen (secondary N) is 1. The van der Waals surface area contributed by atoms with Gasteiger partial charge in [-0.25, -0.2) is 5.43 Å². The highest BCUT2D eigenvalue weighted by Gasteiger charge is 2.09. The van der Waals surface area contributed by atoms with E-state index in [4.69, 9.17) is 0 Å². The largest absolute Gasteiger partial charge is 1.00 e. The van der Waals surface area contributed by atoms with Crippen molar-refractivity contribution in [3.63, 3.8) is 0 Å². The molecular formula is C22H21ClN4O. The molecule has 6 heteroatoms. The van der Waals surface area contributed by atoms with Crippen LogP contribution in [0.1, 0.15) is 12.5 Å². The quantitative estimate of drug-likeness (QED) is 0.295. The third kappa shape index (κ3) is 3.89. The van der Waals surface area contributed by atoms with Crippen molar-refractivity contribution in [1.29, 1.82) is 0 Å². The van der Waals surface area contributed by atoms with E-state index >= 15 is 0 Å². The second kappa shape index (κ2) is 8.67. The number of aryl methyl sites for hydroxylation is 1. The molecule has 0 bridgehead atoms. The molecule has 28 heavy (non-hydrogen) atoms. The van der Waals surface area contributed by atoms with Gasteiger partial charge in [-0.2, -0.15) is 9.67 Å². The first-order chi connectivity index (χ1) is 13.3. The first kappa shape index (κ1) is 19.6. The Morgan fingerprint density at radius 2 is 1.79 bits per heavy atom. The molecule has 0 fully saturated rings. The average molecular weight is 393 g/mol. The number of para-hydroxylation sites is 1. The van der Waals surface area contributed by atoms with Gasteiger partial charge in [0.15, 0.2) is 12.4 Å². The van der Waals surface area contributed by atoms with Crippen LogP contribution in [0.2, 0.25) is 0 Å². The smallest absolute Gasteiger partial charge is 0.305 e. The molecule has 142 valence electrons. The lowest BCUT2D eigenvalue weighted by atomic mass is 10.1. The van der Waals surface area contributed by atoms with E-state index in [0.717, 1.165) is 12.1 Å². The number of aromatic nitrogens is 2. The van der Waals surface area contributed by atoms with Gasteiger partial charge in [-0.1, -0.05) is 30.3 Å². The number of hydrazone groups is 1. The van der Waals surface area contributed by atoms with E-state index in [-0.39, 0.29) is 24.9 Å². The standard InChI is InChI=1S/C22H20N4O.ClH/c1-2-26-20-9-5-4-8-18(20)19-14-17(10-11-21(19)26)15-23-24-22(27)16-25-12-6-3-7-13-25;/h3-15H,2,16H2,1H3;1H/b23-15+;. The van der Waals surface area contributed by atoms with Gasteiger partial charge in [-0.05, 0) is 30.7 Å². The van der Waals surface area contributed by atoms with Crippen LogP contribution in [0.4, 0.5) is 0 Å². The Hall–Kier alpha value is -3.18. The maximum atomic E-state index is 12.0. The zero-order chi connectivity index (χ0) is 18.6. The van der Waals surface area contributed by atoms with Crippen molar-refractivity contribution in [1.82, 2.24) is 9.99 Å². The summed E-state index contributed by atoms with van der Waals surface area (Å²) in [6.45, 7) is 3.31. The van der Waals surface area contributed by atoms with Gasteiger partial charge >= 0.3 is 5.91 Å². The molecule has 5 nitrogen and oxygen atoms in total. The topological polar surface area (TPSA) is 50.3 Å². The fourth-order valence-corrected chi connectivity index (χ4v) is 3.41. The second-order valence-corrected chi connectivity index (χ2v) is 6.38. The highest BCUT2D eigenvalue weighted by molar-refractivity contribution is 6.09. The van der Waals surface area contributed by atoms with Gasteiger partial charge < -0.3 is 17.0 Å². The van der Waals surface area contributed by atoms with Crippen LogP contribution in [0.25, 0.3) is 21.8 Å². The van der Waals surface area contributed by atoms with Gasteiger partial charge in [0, 0.05) is 40.5 Å². The van der Waals surface area contributed by atoms with Crippen molar-refractivity contribution >= 4 is 33.9 Å². The number of carbonyl (C=O) groups is 1. The van der Waals surface area contributed by atoms with Crippen LogP contribution in [-0.4, -0.2) is 16.7 Å². The molecule has 0 spiro atoms. The van der Waals surface area contributed by atoms with Crippen LogP contribution in [0.15, 0.2) is 78.2 Å². The Kier molecular flexibility index (Phi) is 6.06. The van der Waals surface area contributed by atoms with E-state index in [1.807, 2.05) is 36.7 Å². The van der Waals surface area contributed by atoms with Crippen molar-refractivity contribution in [2.45, 2.75) is 20.0 Å². The molecule has 0 atom stereocenters. The number of amides is 1. The minimum atomic E-state index is -0.161. The van der Waals surface area contributed by atoms with Crippen molar-refractivity contribution in [2.24, 2.45) is 5.10 Å². The van der Waals surface area contributed by atoms with Gasteiger partial charge in [0.05, 0.1) is 6.21 Å². The highest BCUT2D eigenvalue weighted by Crippen LogP contribution is 2.29. The molecule has 2 heterocycles. The van der Waals surface area contributed by atoms with Gasteiger partial charge in [0.1, 0.15) is 0 Å². The monoisotopic (exact) mass is 392 g/mol. The van der Waals surface area contributed by atoms with Gasteiger partial charge in [0.25, 0.3) is 0 Å². The number of carbonyl (C=O) groups excluding carboxylic acids is 1. The van der Waals surface area contributed by atoms with Gasteiger partial charge in [-0.15, -0.1) is 0 Å². The fourth-order valence-electron chi connectivity index (χ4n) is 3.41. The number of halogens is 1. The summed E-state index contributed by atoms with van der Waals surface area (Å²) in [5.41, 5.74) is 5.98. The van der Waals surface area contributed by atoms with Gasteiger partial charge in [-0.3, -0.25) is 4.79 Å². The van der Waals surface area contributed by atoms with E-state index in [9.17, 15) is 4.79 Å². The zero-order valence-corrected chi connectivity index (χ0v) is 16.3. The third-order valence-corrected chi connectivity index (χ3v) is 4.62. The Labute approximate surface area is 169 Å². The normalized spacial score (nSPS) is 11.0. The van der Waals surface area contributed by atoms with Crippen LogP contribution < -0.4 is 22.4 Å². The summed E-state index contributed by atoms with van der Waals surface area (Å²) in [7, 11) is 0. The summed E-state index contributed by atoms with van der Waals surface area (Å²) < 4.78 is 4.11. The minimum Gasteiger partial charge on any atom is -1.00 e. The molecule has 1 N–H and O–H groups in total. The minimum absolute atomic E-state index is 0. The van der Waals surface area contributed by atoms with Crippen LogP contribution in [0.3, 0.4) is 0 Å². The number of rotatable bonds is 5. The van der Waals surface area contributed by atoms with E-state index in [1.54, 1.807) is 10.8 Å². The summed E-state index contributed by atoms with van der Waals surface area (Å²) in [5.74, 6) is -0.161. The van der Waals surface area contributed by atoms with Crippen molar-refractivity contribution in [3.05, 3.63) is 78.6 Å². The van der Waals surface area contributed by atoms with Crippen molar-refractivity contribution in [2.75, 3.05) is 0 Å². The maximum absolute atomic E-state index is 12.0. The molecule has 0 unspecified atom stereocenters. The molecule has 1 amide bonds. The summed E-state index contributed by atoms with van der Waals surface area (Å²) >= 11 is 0. The summed E-state index contributed by atoms with van der Waals surface area (Å²) in [5, 5.41) is 6.53.